The summed E-state index contributed by atoms with van der Waals surface area (Å²) in [7, 11) is -2.07. The zero-order chi connectivity index (χ0) is 13.9. The molecule has 8 heteroatoms. The molecule has 1 aromatic carbocycles. The van der Waals surface area contributed by atoms with Gasteiger partial charge in [0, 0.05) is 19.7 Å². The van der Waals surface area contributed by atoms with Crippen LogP contribution >= 0.6 is 0 Å². The molecule has 0 aromatic heterocycles. The maximum Gasteiger partial charge on any atom is 0.301 e. The van der Waals surface area contributed by atoms with Crippen LogP contribution in [0.25, 0.3) is 0 Å². The van der Waals surface area contributed by atoms with Gasteiger partial charge in [0.05, 0.1) is 5.69 Å². The number of nitrogens with zero attached hydrogens (tertiary/aromatic N) is 1. The van der Waals surface area contributed by atoms with E-state index in [4.69, 9.17) is 15.2 Å². The van der Waals surface area contributed by atoms with Crippen molar-refractivity contribution in [3.63, 3.8) is 0 Å². The topological polar surface area (TPSA) is 93.9 Å². The van der Waals surface area contributed by atoms with Gasteiger partial charge in [0.25, 0.3) is 0 Å². The van der Waals surface area contributed by atoms with Crippen molar-refractivity contribution < 1.29 is 17.9 Å². The molecule has 0 aliphatic carbocycles. The molecule has 7 nitrogen and oxygen atoms in total. The molecule has 0 saturated carbocycles. The molecule has 3 N–H and O–H groups in total. The van der Waals surface area contributed by atoms with Crippen LogP contribution in [0.5, 0.6) is 11.5 Å². The lowest BCUT2D eigenvalue weighted by Gasteiger charge is -2.18. The predicted octanol–water partition coefficient (Wildman–Crippen LogP) is 0.353. The van der Waals surface area contributed by atoms with Crippen LogP contribution in [0.2, 0.25) is 0 Å². The molecule has 0 bridgehead atoms. The Hall–Kier alpha value is -1.51. The van der Waals surface area contributed by atoms with Crippen LogP contribution in [0.1, 0.15) is 6.42 Å². The van der Waals surface area contributed by atoms with Crippen LogP contribution in [0.4, 0.5) is 5.69 Å². The normalized spacial score (nSPS) is 13.8. The van der Waals surface area contributed by atoms with Crippen molar-refractivity contribution in [1.29, 1.82) is 0 Å². The fourth-order valence-corrected chi connectivity index (χ4v) is 2.57. The fourth-order valence-electron chi connectivity index (χ4n) is 1.62. The molecule has 1 aliphatic heterocycles. The number of fused-ring (bicyclic) bond motifs is 1. The van der Waals surface area contributed by atoms with Gasteiger partial charge < -0.3 is 15.2 Å². The number of rotatable bonds is 6. The largest absolute Gasteiger partial charge is 0.454 e. The van der Waals surface area contributed by atoms with E-state index in [0.29, 0.717) is 36.7 Å². The molecule has 0 atom stereocenters. The van der Waals surface area contributed by atoms with Crippen molar-refractivity contribution in [3.8, 4) is 11.5 Å². The Bertz CT molecular complexity index is 547. The third-order valence-electron chi connectivity index (χ3n) is 2.71. The highest BCUT2D eigenvalue weighted by molar-refractivity contribution is 7.90. The standard InChI is InChI=1S/C11H17N3O4S/c1-14(6-2-5-12)19(15,16)13-9-3-4-10-11(7-9)18-8-17-10/h3-4,7,13H,2,5-6,8,12H2,1H3. The summed E-state index contributed by atoms with van der Waals surface area (Å²) in [5.41, 5.74) is 5.80. The van der Waals surface area contributed by atoms with E-state index >= 15 is 0 Å². The van der Waals surface area contributed by atoms with E-state index in [1.807, 2.05) is 0 Å². The van der Waals surface area contributed by atoms with Gasteiger partial charge in [-0.1, -0.05) is 0 Å². The summed E-state index contributed by atoms with van der Waals surface area (Å²) in [4.78, 5) is 0. The van der Waals surface area contributed by atoms with E-state index in [0.717, 1.165) is 0 Å². The molecule has 1 aromatic rings. The zero-order valence-corrected chi connectivity index (χ0v) is 11.4. The summed E-state index contributed by atoms with van der Waals surface area (Å²) in [6, 6.07) is 4.89. The highest BCUT2D eigenvalue weighted by Gasteiger charge is 2.19. The molecule has 0 saturated heterocycles. The minimum Gasteiger partial charge on any atom is -0.454 e. The molecule has 0 spiro atoms. The Morgan fingerprint density at radius 1 is 1.37 bits per heavy atom. The van der Waals surface area contributed by atoms with E-state index in [1.54, 1.807) is 18.2 Å². The van der Waals surface area contributed by atoms with E-state index in [1.165, 1.54) is 11.4 Å². The second kappa shape index (κ2) is 5.64. The first-order valence-corrected chi connectivity index (χ1v) is 7.31. The van der Waals surface area contributed by atoms with Gasteiger partial charge in [0.1, 0.15) is 0 Å². The number of hydrogen-bond donors (Lipinski definition) is 2. The molecule has 1 heterocycles. The molecule has 0 amide bonds. The van der Waals surface area contributed by atoms with Crippen molar-refractivity contribution >= 4 is 15.9 Å². The Morgan fingerprint density at radius 3 is 2.84 bits per heavy atom. The van der Waals surface area contributed by atoms with Gasteiger partial charge >= 0.3 is 10.2 Å². The summed E-state index contributed by atoms with van der Waals surface area (Å²) in [6.45, 7) is 0.974. The molecule has 1 aliphatic rings. The van der Waals surface area contributed by atoms with Crippen molar-refractivity contribution in [2.45, 2.75) is 6.42 Å². The Balaban J connectivity index is 2.07. The zero-order valence-electron chi connectivity index (χ0n) is 10.6. The monoisotopic (exact) mass is 287 g/mol. The summed E-state index contributed by atoms with van der Waals surface area (Å²) < 4.78 is 38.1. The molecule has 106 valence electrons. The first-order chi connectivity index (χ1) is 9.03. The summed E-state index contributed by atoms with van der Waals surface area (Å²) in [6.07, 6.45) is 0.610. The SMILES string of the molecule is CN(CCCN)S(=O)(=O)Nc1ccc2c(c1)OCO2. The quantitative estimate of drug-likeness (QED) is 0.787. The highest BCUT2D eigenvalue weighted by atomic mass is 32.2. The van der Waals surface area contributed by atoms with Crippen LogP contribution in [-0.4, -0.2) is 39.7 Å². The Morgan fingerprint density at radius 2 is 2.11 bits per heavy atom. The summed E-state index contributed by atoms with van der Waals surface area (Å²) >= 11 is 0. The van der Waals surface area contributed by atoms with Gasteiger partial charge in [0.2, 0.25) is 6.79 Å². The lowest BCUT2D eigenvalue weighted by atomic mass is 10.3. The molecule has 0 radical (unpaired) electrons. The molecule has 19 heavy (non-hydrogen) atoms. The molecular weight excluding hydrogens is 270 g/mol. The van der Waals surface area contributed by atoms with Crippen LogP contribution in [-0.2, 0) is 10.2 Å². The number of nitrogens with two attached hydrogens (primary N) is 1. The van der Waals surface area contributed by atoms with Gasteiger partial charge in [-0.3, -0.25) is 4.72 Å². The van der Waals surface area contributed by atoms with E-state index in [2.05, 4.69) is 4.72 Å². The summed E-state index contributed by atoms with van der Waals surface area (Å²) in [5, 5.41) is 0. The van der Waals surface area contributed by atoms with Gasteiger partial charge in [-0.2, -0.15) is 12.7 Å². The third-order valence-corrected chi connectivity index (χ3v) is 4.20. The Kier molecular flexibility index (Phi) is 4.13. The molecular formula is C11H17N3O4S. The Labute approximate surface area is 112 Å². The van der Waals surface area contributed by atoms with E-state index < -0.39 is 10.2 Å². The smallest absolute Gasteiger partial charge is 0.301 e. The first-order valence-electron chi connectivity index (χ1n) is 5.87. The van der Waals surface area contributed by atoms with E-state index in [9.17, 15) is 8.42 Å². The minimum absolute atomic E-state index is 0.155. The van der Waals surface area contributed by atoms with Crippen molar-refractivity contribution in [2.24, 2.45) is 5.73 Å². The fraction of sp³-hybridized carbons (Fsp3) is 0.455. The number of ether oxygens (including phenoxy) is 2. The maximum atomic E-state index is 12.0. The lowest BCUT2D eigenvalue weighted by molar-refractivity contribution is 0.174. The number of benzene rings is 1. The van der Waals surface area contributed by atoms with Crippen LogP contribution in [0.15, 0.2) is 18.2 Å². The van der Waals surface area contributed by atoms with Crippen molar-refractivity contribution in [1.82, 2.24) is 4.31 Å². The van der Waals surface area contributed by atoms with Crippen LogP contribution in [0, 0.1) is 0 Å². The summed E-state index contributed by atoms with van der Waals surface area (Å²) in [5.74, 6) is 1.14. The number of hydrogen-bond acceptors (Lipinski definition) is 5. The van der Waals surface area contributed by atoms with Gasteiger partial charge in [-0.15, -0.1) is 0 Å². The van der Waals surface area contributed by atoms with Crippen molar-refractivity contribution in [3.05, 3.63) is 18.2 Å². The van der Waals surface area contributed by atoms with Crippen molar-refractivity contribution in [2.75, 3.05) is 31.7 Å². The predicted molar refractivity (Wildman–Crippen MR) is 71.4 cm³/mol. The van der Waals surface area contributed by atoms with Crippen LogP contribution < -0.4 is 19.9 Å². The first kappa shape index (κ1) is 13.9. The van der Waals surface area contributed by atoms with Gasteiger partial charge in [-0.25, -0.2) is 0 Å². The van der Waals surface area contributed by atoms with Gasteiger partial charge in [0.15, 0.2) is 11.5 Å². The average Bonchev–Trinajstić information content (AvgIpc) is 2.82. The maximum absolute atomic E-state index is 12.0. The highest BCUT2D eigenvalue weighted by Crippen LogP contribution is 2.34. The minimum atomic E-state index is -3.57. The average molecular weight is 287 g/mol. The van der Waals surface area contributed by atoms with Crippen LogP contribution in [0.3, 0.4) is 0 Å². The molecule has 2 rings (SSSR count). The number of nitrogens with one attached hydrogen (secondary N) is 1. The molecule has 0 fully saturated rings. The lowest BCUT2D eigenvalue weighted by Crippen LogP contribution is -2.34. The third kappa shape index (κ3) is 3.28. The second-order valence-corrected chi connectivity index (χ2v) is 5.92. The van der Waals surface area contributed by atoms with Gasteiger partial charge in [-0.05, 0) is 25.1 Å². The number of anilines is 1. The molecule has 0 unspecified atom stereocenters. The second-order valence-electron chi connectivity index (χ2n) is 4.14. The van der Waals surface area contributed by atoms with E-state index in [-0.39, 0.29) is 6.79 Å².